The highest BCUT2D eigenvalue weighted by Gasteiger charge is 2.22. The maximum Gasteiger partial charge on any atom is 0.222 e. The molecule has 5 nitrogen and oxygen atoms in total. The smallest absolute Gasteiger partial charge is 0.222 e. The number of aliphatic hydroxyl groups is 1. The van der Waals surface area contributed by atoms with Crippen molar-refractivity contribution < 1.29 is 19.4 Å². The summed E-state index contributed by atoms with van der Waals surface area (Å²) in [6, 6.07) is 0. The van der Waals surface area contributed by atoms with Gasteiger partial charge in [-0.3, -0.25) is 4.79 Å². The minimum absolute atomic E-state index is 0.0441. The molecule has 0 radical (unpaired) electrons. The Labute approximate surface area is 109 Å². The number of nitrogens with one attached hydrogen (secondary N) is 1. The maximum absolute atomic E-state index is 11.7. The van der Waals surface area contributed by atoms with Crippen molar-refractivity contribution in [2.75, 3.05) is 26.9 Å². The molecule has 0 aromatic heterocycles. The lowest BCUT2D eigenvalue weighted by atomic mass is 10.0. The number of amides is 1. The molecule has 1 aliphatic rings. The zero-order chi connectivity index (χ0) is 13.4. The second kappa shape index (κ2) is 7.71. The molecule has 1 amide bonds. The van der Waals surface area contributed by atoms with Crippen LogP contribution in [0.4, 0.5) is 0 Å². The van der Waals surface area contributed by atoms with E-state index in [9.17, 15) is 9.90 Å². The van der Waals surface area contributed by atoms with E-state index in [1.54, 1.807) is 14.0 Å². The highest BCUT2D eigenvalue weighted by atomic mass is 16.5. The first-order chi connectivity index (χ1) is 8.53. The molecule has 0 spiro atoms. The largest absolute Gasteiger partial charge is 0.388 e. The third kappa shape index (κ3) is 6.33. The summed E-state index contributed by atoms with van der Waals surface area (Å²) in [5.74, 6) is -0.0559. The van der Waals surface area contributed by atoms with Gasteiger partial charge in [0.05, 0.1) is 18.1 Å². The highest BCUT2D eigenvalue weighted by Crippen LogP contribution is 2.15. The minimum Gasteiger partial charge on any atom is -0.388 e. The molecule has 1 fully saturated rings. The summed E-state index contributed by atoms with van der Waals surface area (Å²) in [7, 11) is 1.59. The van der Waals surface area contributed by atoms with Gasteiger partial charge in [0.15, 0.2) is 0 Å². The summed E-state index contributed by atoms with van der Waals surface area (Å²) in [6.07, 6.45) is 4.10. The van der Waals surface area contributed by atoms with E-state index in [-0.39, 0.29) is 18.6 Å². The van der Waals surface area contributed by atoms with Gasteiger partial charge in [-0.25, -0.2) is 0 Å². The first-order valence-electron chi connectivity index (χ1n) is 6.63. The van der Waals surface area contributed by atoms with Crippen molar-refractivity contribution in [3.8, 4) is 0 Å². The second-order valence-electron chi connectivity index (χ2n) is 5.21. The van der Waals surface area contributed by atoms with Gasteiger partial charge in [-0.15, -0.1) is 0 Å². The molecule has 0 aromatic carbocycles. The predicted molar refractivity (Wildman–Crippen MR) is 68.3 cm³/mol. The molecule has 2 N–H and O–H groups in total. The van der Waals surface area contributed by atoms with Gasteiger partial charge in [-0.05, 0) is 26.2 Å². The highest BCUT2D eigenvalue weighted by molar-refractivity contribution is 5.76. The van der Waals surface area contributed by atoms with E-state index < -0.39 is 5.60 Å². The van der Waals surface area contributed by atoms with Crippen molar-refractivity contribution in [1.29, 1.82) is 0 Å². The van der Waals surface area contributed by atoms with Gasteiger partial charge in [0.25, 0.3) is 0 Å². The Balaban J connectivity index is 2.19. The molecule has 0 saturated carbocycles. The van der Waals surface area contributed by atoms with Crippen molar-refractivity contribution in [3.63, 3.8) is 0 Å². The molecular formula is C13H25NO4. The Kier molecular flexibility index (Phi) is 6.60. The van der Waals surface area contributed by atoms with Crippen LogP contribution in [-0.2, 0) is 14.3 Å². The number of hydrogen-bond donors (Lipinski definition) is 2. The van der Waals surface area contributed by atoms with Gasteiger partial charge in [0.1, 0.15) is 0 Å². The summed E-state index contributed by atoms with van der Waals surface area (Å²) >= 11 is 0. The zero-order valence-corrected chi connectivity index (χ0v) is 11.4. The van der Waals surface area contributed by atoms with Crippen LogP contribution in [0.25, 0.3) is 0 Å². The van der Waals surface area contributed by atoms with E-state index in [2.05, 4.69) is 5.32 Å². The molecule has 1 heterocycles. The van der Waals surface area contributed by atoms with Crippen molar-refractivity contribution in [2.24, 2.45) is 0 Å². The lowest BCUT2D eigenvalue weighted by molar-refractivity contribution is -0.126. The molecule has 2 atom stereocenters. The monoisotopic (exact) mass is 259 g/mol. The third-order valence-corrected chi connectivity index (χ3v) is 3.20. The van der Waals surface area contributed by atoms with Gasteiger partial charge in [-0.2, -0.15) is 0 Å². The second-order valence-corrected chi connectivity index (χ2v) is 5.21. The Morgan fingerprint density at radius 3 is 2.94 bits per heavy atom. The molecule has 1 rings (SSSR count). The summed E-state index contributed by atoms with van der Waals surface area (Å²) in [5.41, 5.74) is -0.918. The van der Waals surface area contributed by atoms with E-state index in [1.165, 1.54) is 0 Å². The average molecular weight is 259 g/mol. The molecule has 106 valence electrons. The topological polar surface area (TPSA) is 67.8 Å². The SMILES string of the molecule is COCCC(C)(O)CNC(=O)CC1CCCCO1. The number of ether oxygens (including phenoxy) is 2. The van der Waals surface area contributed by atoms with Crippen LogP contribution in [0.3, 0.4) is 0 Å². The van der Waals surface area contributed by atoms with Crippen LogP contribution in [-0.4, -0.2) is 49.6 Å². The van der Waals surface area contributed by atoms with Gasteiger partial charge < -0.3 is 19.9 Å². The molecule has 0 aromatic rings. The normalized spacial score (nSPS) is 23.4. The first-order valence-corrected chi connectivity index (χ1v) is 6.63. The number of carbonyl (C=O) groups is 1. The fourth-order valence-electron chi connectivity index (χ4n) is 1.95. The van der Waals surface area contributed by atoms with Crippen molar-refractivity contribution in [3.05, 3.63) is 0 Å². The van der Waals surface area contributed by atoms with Crippen molar-refractivity contribution >= 4 is 5.91 Å². The Morgan fingerprint density at radius 2 is 2.33 bits per heavy atom. The molecule has 1 aliphatic heterocycles. The Bertz CT molecular complexity index is 249. The third-order valence-electron chi connectivity index (χ3n) is 3.20. The molecule has 1 saturated heterocycles. The Hall–Kier alpha value is -0.650. The van der Waals surface area contributed by atoms with E-state index >= 15 is 0 Å². The predicted octanol–water partition coefficient (Wildman–Crippen LogP) is 0.849. The molecule has 2 unspecified atom stereocenters. The molecule has 5 heteroatoms. The Morgan fingerprint density at radius 1 is 1.56 bits per heavy atom. The van der Waals surface area contributed by atoms with Crippen LogP contribution in [0.15, 0.2) is 0 Å². The maximum atomic E-state index is 11.7. The van der Waals surface area contributed by atoms with Gasteiger partial charge in [0.2, 0.25) is 5.91 Å². The van der Waals surface area contributed by atoms with Crippen LogP contribution >= 0.6 is 0 Å². The molecular weight excluding hydrogens is 234 g/mol. The fourth-order valence-corrected chi connectivity index (χ4v) is 1.95. The molecule has 0 aliphatic carbocycles. The van der Waals surface area contributed by atoms with Crippen LogP contribution in [0, 0.1) is 0 Å². The van der Waals surface area contributed by atoms with Crippen LogP contribution in [0.1, 0.15) is 39.0 Å². The van der Waals surface area contributed by atoms with Crippen molar-refractivity contribution in [1.82, 2.24) is 5.32 Å². The quantitative estimate of drug-likeness (QED) is 0.711. The lowest BCUT2D eigenvalue weighted by Gasteiger charge is -2.25. The number of hydrogen-bond acceptors (Lipinski definition) is 4. The number of carbonyl (C=O) groups excluding carboxylic acids is 1. The van der Waals surface area contributed by atoms with E-state index in [4.69, 9.17) is 9.47 Å². The van der Waals surface area contributed by atoms with Gasteiger partial charge in [0, 0.05) is 33.3 Å². The van der Waals surface area contributed by atoms with E-state index in [1.807, 2.05) is 0 Å². The molecule has 0 bridgehead atoms. The summed E-state index contributed by atoms with van der Waals surface area (Å²) < 4.78 is 10.4. The summed E-state index contributed by atoms with van der Waals surface area (Å²) in [4.78, 5) is 11.7. The number of methoxy groups -OCH3 is 1. The average Bonchev–Trinajstić information content (AvgIpc) is 2.36. The first kappa shape index (κ1) is 15.4. The van der Waals surface area contributed by atoms with E-state index in [0.29, 0.717) is 19.4 Å². The van der Waals surface area contributed by atoms with Gasteiger partial charge >= 0.3 is 0 Å². The van der Waals surface area contributed by atoms with Crippen LogP contribution in [0.5, 0.6) is 0 Å². The van der Waals surface area contributed by atoms with E-state index in [0.717, 1.165) is 25.9 Å². The summed E-state index contributed by atoms with van der Waals surface area (Å²) in [6.45, 7) is 3.18. The van der Waals surface area contributed by atoms with Crippen LogP contribution < -0.4 is 5.32 Å². The number of rotatable bonds is 7. The zero-order valence-electron chi connectivity index (χ0n) is 11.4. The van der Waals surface area contributed by atoms with Gasteiger partial charge in [-0.1, -0.05) is 0 Å². The molecule has 18 heavy (non-hydrogen) atoms. The van der Waals surface area contributed by atoms with Crippen molar-refractivity contribution in [2.45, 2.75) is 50.7 Å². The standard InChI is InChI=1S/C13H25NO4/c1-13(16,6-8-17-2)10-14-12(15)9-11-5-3-4-7-18-11/h11,16H,3-10H2,1-2H3,(H,14,15). The summed E-state index contributed by atoms with van der Waals surface area (Å²) in [5, 5.41) is 12.7. The van der Waals surface area contributed by atoms with Crippen LogP contribution in [0.2, 0.25) is 0 Å². The fraction of sp³-hybridized carbons (Fsp3) is 0.923. The lowest BCUT2D eigenvalue weighted by Crippen LogP contribution is -2.42. The minimum atomic E-state index is -0.918.